The minimum atomic E-state index is -5.49. The fourth-order valence-electron chi connectivity index (χ4n) is 4.98. The SMILES string of the molecule is Cc1cc2c(cc1C(=O)NC1CN(S(=O)(=O)C(F)(F)F)C1)CN(C1=NOC(c3cc(Cl)c(F)c(Cl)c3)(C(F)(F)F)C1)C2. The van der Waals surface area contributed by atoms with Crippen LogP contribution in [0.1, 0.15) is 39.0 Å². The molecule has 1 amide bonds. The average Bonchev–Trinajstić information content (AvgIpc) is 3.47. The van der Waals surface area contributed by atoms with E-state index in [1.165, 1.54) is 11.0 Å². The highest BCUT2D eigenvalue weighted by atomic mass is 35.5. The van der Waals surface area contributed by atoms with Crippen molar-refractivity contribution in [1.82, 2.24) is 14.5 Å². The molecule has 0 bridgehead atoms. The molecule has 228 valence electrons. The molecule has 1 atom stereocenters. The van der Waals surface area contributed by atoms with Gasteiger partial charge in [0.25, 0.3) is 11.5 Å². The van der Waals surface area contributed by atoms with Crippen LogP contribution in [0.3, 0.4) is 0 Å². The number of benzene rings is 2. The summed E-state index contributed by atoms with van der Waals surface area (Å²) in [4.78, 5) is 19.3. The molecule has 42 heavy (non-hydrogen) atoms. The molecule has 3 heterocycles. The predicted octanol–water partition coefficient (Wildman–Crippen LogP) is 5.21. The van der Waals surface area contributed by atoms with E-state index in [1.54, 1.807) is 13.0 Å². The number of nitrogens with zero attached hydrogens (tertiary/aromatic N) is 3. The lowest BCUT2D eigenvalue weighted by molar-refractivity contribution is -0.275. The first-order valence-electron chi connectivity index (χ1n) is 12.1. The summed E-state index contributed by atoms with van der Waals surface area (Å²) >= 11 is 11.5. The largest absolute Gasteiger partial charge is 0.511 e. The van der Waals surface area contributed by atoms with Gasteiger partial charge in [0.05, 0.1) is 22.5 Å². The summed E-state index contributed by atoms with van der Waals surface area (Å²) in [6.07, 6.45) is -5.76. The van der Waals surface area contributed by atoms with Gasteiger partial charge < -0.3 is 15.1 Å². The number of carbonyl (C=O) groups excluding carboxylic acids is 1. The van der Waals surface area contributed by atoms with Crippen LogP contribution in [0.25, 0.3) is 0 Å². The summed E-state index contributed by atoms with van der Waals surface area (Å²) in [5.41, 5.74) is -7.03. The zero-order chi connectivity index (χ0) is 31.0. The number of amides is 1. The number of alkyl halides is 6. The highest BCUT2D eigenvalue weighted by Gasteiger charge is 2.63. The summed E-state index contributed by atoms with van der Waals surface area (Å²) in [6, 6.07) is 3.88. The predicted molar refractivity (Wildman–Crippen MR) is 136 cm³/mol. The van der Waals surface area contributed by atoms with E-state index in [9.17, 15) is 43.9 Å². The number of fused-ring (bicyclic) bond motifs is 1. The highest BCUT2D eigenvalue weighted by molar-refractivity contribution is 7.90. The molecule has 1 unspecified atom stereocenters. The molecule has 3 aliphatic heterocycles. The van der Waals surface area contributed by atoms with E-state index in [2.05, 4.69) is 10.5 Å². The van der Waals surface area contributed by atoms with Crippen molar-refractivity contribution < 1.29 is 48.8 Å². The highest BCUT2D eigenvalue weighted by Crippen LogP contribution is 2.50. The zero-order valence-corrected chi connectivity index (χ0v) is 23.5. The van der Waals surface area contributed by atoms with E-state index in [1.807, 2.05) is 0 Å². The second kappa shape index (κ2) is 10.1. The van der Waals surface area contributed by atoms with Crippen molar-refractivity contribution in [2.75, 3.05) is 13.1 Å². The van der Waals surface area contributed by atoms with Crippen molar-refractivity contribution in [2.45, 2.75) is 49.8 Å². The van der Waals surface area contributed by atoms with E-state index in [0.717, 1.165) is 12.1 Å². The van der Waals surface area contributed by atoms with Gasteiger partial charge in [-0.2, -0.15) is 30.6 Å². The van der Waals surface area contributed by atoms with Crippen LogP contribution in [0.15, 0.2) is 29.4 Å². The van der Waals surface area contributed by atoms with Crippen LogP contribution in [0.4, 0.5) is 30.7 Å². The molecule has 0 radical (unpaired) electrons. The number of rotatable bonds is 4. The Morgan fingerprint density at radius 1 is 1.05 bits per heavy atom. The molecule has 18 heteroatoms. The number of aryl methyl sites for hydroxylation is 1. The fraction of sp³-hybridized carbons (Fsp3) is 0.417. The Kier molecular flexibility index (Phi) is 7.39. The smallest absolute Gasteiger partial charge is 0.372 e. The molecule has 3 aliphatic rings. The molecule has 2 aromatic carbocycles. The normalized spacial score (nSPS) is 21.6. The maximum absolute atomic E-state index is 14.3. The van der Waals surface area contributed by atoms with Crippen molar-refractivity contribution >= 4 is 45.0 Å². The number of hydrogen-bond donors (Lipinski definition) is 1. The van der Waals surface area contributed by atoms with Gasteiger partial charge in [0.15, 0.2) is 5.82 Å². The number of hydrogen-bond acceptors (Lipinski definition) is 6. The standard InChI is InChI=1S/C24H19Cl2F7N4O4S/c1-11-2-12-7-36(19-6-22(41-35-19,23(28,29)30)14-4-17(25)20(27)18(26)5-14)8-13(12)3-16(11)21(38)34-15-9-37(10-15)42(39,40)24(31,32)33/h2-5,15H,6-10H2,1H3,(H,34,38). The molecule has 8 nitrogen and oxygen atoms in total. The lowest BCUT2D eigenvalue weighted by Crippen LogP contribution is -2.62. The molecular formula is C24H19Cl2F7N4O4S. The van der Waals surface area contributed by atoms with Crippen molar-refractivity contribution in [3.63, 3.8) is 0 Å². The Hall–Kier alpha value is -2.82. The van der Waals surface area contributed by atoms with Crippen molar-refractivity contribution in [2.24, 2.45) is 5.16 Å². The third kappa shape index (κ3) is 5.05. The van der Waals surface area contributed by atoms with Crippen LogP contribution >= 0.6 is 23.2 Å². The van der Waals surface area contributed by atoms with E-state index in [0.29, 0.717) is 16.7 Å². The Balaban J connectivity index is 1.29. The summed E-state index contributed by atoms with van der Waals surface area (Å²) < 4.78 is 118. The second-order valence-corrected chi connectivity index (χ2v) is 12.8. The summed E-state index contributed by atoms with van der Waals surface area (Å²) in [7, 11) is -5.49. The van der Waals surface area contributed by atoms with Gasteiger partial charge in [0, 0.05) is 37.3 Å². The summed E-state index contributed by atoms with van der Waals surface area (Å²) in [5.74, 6) is -1.79. The number of halogens is 9. The van der Waals surface area contributed by atoms with Crippen LogP contribution in [-0.4, -0.2) is 60.2 Å². The van der Waals surface area contributed by atoms with Gasteiger partial charge in [-0.15, -0.1) is 0 Å². The summed E-state index contributed by atoms with van der Waals surface area (Å²) in [6.45, 7) is 0.698. The molecule has 0 spiro atoms. The Morgan fingerprint density at radius 3 is 2.17 bits per heavy atom. The molecule has 0 saturated carbocycles. The third-order valence-corrected chi connectivity index (χ3v) is 9.43. The van der Waals surface area contributed by atoms with E-state index in [4.69, 9.17) is 28.0 Å². The lowest BCUT2D eigenvalue weighted by atomic mass is 9.89. The van der Waals surface area contributed by atoms with Gasteiger partial charge in [0.1, 0.15) is 5.84 Å². The number of amidine groups is 1. The van der Waals surface area contributed by atoms with E-state index in [-0.39, 0.29) is 28.8 Å². The number of nitrogens with one attached hydrogen (secondary N) is 1. The Morgan fingerprint density at radius 2 is 1.62 bits per heavy atom. The van der Waals surface area contributed by atoms with Crippen LogP contribution in [0, 0.1) is 12.7 Å². The fourth-order valence-corrected chi connectivity index (χ4v) is 6.52. The molecule has 0 aliphatic carbocycles. The molecule has 1 N–H and O–H groups in total. The van der Waals surface area contributed by atoms with Crippen molar-refractivity contribution in [1.29, 1.82) is 0 Å². The summed E-state index contributed by atoms with van der Waals surface area (Å²) in [5, 5.41) is 4.95. The van der Waals surface area contributed by atoms with Crippen molar-refractivity contribution in [3.8, 4) is 0 Å². The monoisotopic (exact) mass is 662 g/mol. The van der Waals surface area contributed by atoms with Gasteiger partial charge in [-0.05, 0) is 41.8 Å². The number of oxime groups is 1. The molecule has 1 saturated heterocycles. The quantitative estimate of drug-likeness (QED) is 0.359. The zero-order valence-electron chi connectivity index (χ0n) is 21.2. The first-order chi connectivity index (χ1) is 19.3. The second-order valence-electron chi connectivity index (χ2n) is 10.1. The number of carbonyl (C=O) groups is 1. The van der Waals surface area contributed by atoms with Crippen molar-refractivity contribution in [3.05, 3.63) is 67.9 Å². The maximum atomic E-state index is 14.3. The van der Waals surface area contributed by atoms with Gasteiger partial charge in [-0.1, -0.05) is 34.4 Å². The first-order valence-corrected chi connectivity index (χ1v) is 14.2. The Labute approximate surface area is 244 Å². The third-order valence-electron chi connectivity index (χ3n) is 7.32. The van der Waals surface area contributed by atoms with E-state index >= 15 is 0 Å². The molecule has 1 fully saturated rings. The minimum Gasteiger partial charge on any atom is -0.372 e. The Bertz CT molecular complexity index is 1590. The molecule has 2 aromatic rings. The molecule has 0 aromatic heterocycles. The van der Waals surface area contributed by atoms with E-state index < -0.39 is 80.2 Å². The average molecular weight is 663 g/mol. The first kappa shape index (κ1) is 30.6. The van der Waals surface area contributed by atoms with Crippen LogP contribution in [-0.2, 0) is 33.6 Å². The molecular weight excluding hydrogens is 644 g/mol. The van der Waals surface area contributed by atoms with Gasteiger partial charge in [-0.25, -0.2) is 12.8 Å². The van der Waals surface area contributed by atoms with Crippen LogP contribution in [0.5, 0.6) is 0 Å². The van der Waals surface area contributed by atoms with Gasteiger partial charge in [-0.3, -0.25) is 4.79 Å². The van der Waals surface area contributed by atoms with Gasteiger partial charge >= 0.3 is 21.7 Å². The molecule has 5 rings (SSSR count). The van der Waals surface area contributed by atoms with Crippen LogP contribution < -0.4 is 5.32 Å². The maximum Gasteiger partial charge on any atom is 0.511 e. The topological polar surface area (TPSA) is 91.3 Å². The van der Waals surface area contributed by atoms with Crippen LogP contribution in [0.2, 0.25) is 10.0 Å². The lowest BCUT2D eigenvalue weighted by Gasteiger charge is -2.38. The number of sulfonamides is 1. The van der Waals surface area contributed by atoms with Gasteiger partial charge in [0.2, 0.25) is 0 Å². The minimum absolute atomic E-state index is 0.0536.